The summed E-state index contributed by atoms with van der Waals surface area (Å²) in [6.45, 7) is 6.01. The van der Waals surface area contributed by atoms with Crippen molar-refractivity contribution in [3.8, 4) is 0 Å². The molecule has 1 atom stereocenters. The zero-order valence-electron chi connectivity index (χ0n) is 6.52. The Hall–Kier alpha value is -0.300. The molecule has 54 valence electrons. The third-order valence-electron chi connectivity index (χ3n) is 1.37. The molecule has 0 saturated carbocycles. The molecule has 0 fully saturated rings. The van der Waals surface area contributed by atoms with Crippen LogP contribution in [0.15, 0.2) is 11.6 Å². The predicted octanol–water partition coefficient (Wildman–Crippen LogP) is 2.11. The molecular weight excluding hydrogens is 112 g/mol. The third-order valence-corrected chi connectivity index (χ3v) is 1.37. The largest absolute Gasteiger partial charge is 0.393 e. The molecule has 1 N–H and O–H groups in total. The van der Waals surface area contributed by atoms with Crippen molar-refractivity contribution in [3.05, 3.63) is 11.6 Å². The molecule has 0 aliphatic carbocycles. The van der Waals surface area contributed by atoms with Gasteiger partial charge < -0.3 is 5.11 Å². The van der Waals surface area contributed by atoms with E-state index in [1.54, 1.807) is 6.92 Å². The van der Waals surface area contributed by atoms with Gasteiger partial charge in [0.25, 0.3) is 0 Å². The van der Waals surface area contributed by atoms with Crippen LogP contribution in [0.3, 0.4) is 0 Å². The Bertz CT molecular complexity index is 92.7. The summed E-state index contributed by atoms with van der Waals surface area (Å²) < 4.78 is 0. The van der Waals surface area contributed by atoms with Gasteiger partial charge in [-0.3, -0.25) is 0 Å². The average molecular weight is 128 g/mol. The van der Waals surface area contributed by atoms with Crippen LogP contribution in [0.5, 0.6) is 0 Å². The molecule has 0 saturated heterocycles. The van der Waals surface area contributed by atoms with Crippen LogP contribution in [0.1, 0.15) is 33.6 Å². The molecule has 0 aromatic rings. The van der Waals surface area contributed by atoms with E-state index in [2.05, 4.69) is 19.9 Å². The van der Waals surface area contributed by atoms with Gasteiger partial charge in [0.2, 0.25) is 0 Å². The highest BCUT2D eigenvalue weighted by Crippen LogP contribution is 2.01. The lowest BCUT2D eigenvalue weighted by molar-refractivity contribution is 0.198. The number of hydrogen-bond acceptors (Lipinski definition) is 1. The number of rotatable bonds is 3. The van der Waals surface area contributed by atoms with Crippen molar-refractivity contribution in [3.63, 3.8) is 0 Å². The fraction of sp³-hybridized carbons (Fsp3) is 0.750. The zero-order valence-corrected chi connectivity index (χ0v) is 6.52. The molecule has 0 aliphatic heterocycles. The molecule has 9 heavy (non-hydrogen) atoms. The second kappa shape index (κ2) is 4.57. The average Bonchev–Trinajstić information content (AvgIpc) is 1.83. The van der Waals surface area contributed by atoms with E-state index < -0.39 is 0 Å². The summed E-state index contributed by atoms with van der Waals surface area (Å²) >= 11 is 0. The Labute approximate surface area is 57.4 Å². The van der Waals surface area contributed by atoms with Gasteiger partial charge in [-0.15, -0.1) is 0 Å². The molecule has 0 heterocycles. The Balaban J connectivity index is 3.43. The first-order valence-corrected chi connectivity index (χ1v) is 3.50. The maximum Gasteiger partial charge on any atom is 0.0546 e. The molecular formula is C8H16O. The fourth-order valence-corrected chi connectivity index (χ4v) is 0.516. The van der Waals surface area contributed by atoms with Crippen LogP contribution in [0.2, 0.25) is 0 Å². The van der Waals surface area contributed by atoms with Crippen LogP contribution in [0, 0.1) is 0 Å². The van der Waals surface area contributed by atoms with E-state index >= 15 is 0 Å². The van der Waals surface area contributed by atoms with Gasteiger partial charge in [-0.05, 0) is 26.7 Å². The van der Waals surface area contributed by atoms with Gasteiger partial charge in [0.15, 0.2) is 0 Å². The Kier molecular flexibility index (Phi) is 4.41. The quantitative estimate of drug-likeness (QED) is 0.577. The SMILES string of the molecule is CC/C(C)=C\CC(C)O. The van der Waals surface area contributed by atoms with E-state index in [9.17, 15) is 0 Å². The molecule has 0 bridgehead atoms. The van der Waals surface area contributed by atoms with Gasteiger partial charge in [-0.1, -0.05) is 18.6 Å². The number of hydrogen-bond donors (Lipinski definition) is 1. The number of aliphatic hydroxyl groups excluding tert-OH is 1. The Morgan fingerprint density at radius 2 is 2.22 bits per heavy atom. The van der Waals surface area contributed by atoms with E-state index in [0.717, 1.165) is 12.8 Å². The normalized spacial score (nSPS) is 15.8. The molecule has 1 unspecified atom stereocenters. The van der Waals surface area contributed by atoms with Crippen LogP contribution < -0.4 is 0 Å². The minimum Gasteiger partial charge on any atom is -0.393 e. The number of aliphatic hydroxyl groups is 1. The van der Waals surface area contributed by atoms with Crippen molar-refractivity contribution < 1.29 is 5.11 Å². The summed E-state index contributed by atoms with van der Waals surface area (Å²) in [7, 11) is 0. The van der Waals surface area contributed by atoms with Crippen LogP contribution >= 0.6 is 0 Å². The lowest BCUT2D eigenvalue weighted by atomic mass is 10.1. The lowest BCUT2D eigenvalue weighted by Crippen LogP contribution is -1.95. The highest BCUT2D eigenvalue weighted by molar-refractivity contribution is 4.96. The summed E-state index contributed by atoms with van der Waals surface area (Å²) in [4.78, 5) is 0. The minimum absolute atomic E-state index is 0.188. The van der Waals surface area contributed by atoms with E-state index in [4.69, 9.17) is 5.11 Å². The predicted molar refractivity (Wildman–Crippen MR) is 40.3 cm³/mol. The summed E-state index contributed by atoms with van der Waals surface area (Å²) in [5, 5.41) is 8.85. The summed E-state index contributed by atoms with van der Waals surface area (Å²) in [5.41, 5.74) is 1.36. The summed E-state index contributed by atoms with van der Waals surface area (Å²) in [6.07, 6.45) is 3.78. The van der Waals surface area contributed by atoms with E-state index in [0.29, 0.717) is 0 Å². The maximum absolute atomic E-state index is 8.85. The van der Waals surface area contributed by atoms with Crippen molar-refractivity contribution in [1.29, 1.82) is 0 Å². The first-order valence-electron chi connectivity index (χ1n) is 3.50. The van der Waals surface area contributed by atoms with Crippen LogP contribution in [-0.4, -0.2) is 11.2 Å². The number of allylic oxidation sites excluding steroid dienone is 1. The van der Waals surface area contributed by atoms with E-state index in [-0.39, 0.29) is 6.10 Å². The molecule has 0 radical (unpaired) electrons. The Morgan fingerprint density at radius 3 is 2.56 bits per heavy atom. The summed E-state index contributed by atoms with van der Waals surface area (Å²) in [6, 6.07) is 0. The second-order valence-corrected chi connectivity index (χ2v) is 2.49. The van der Waals surface area contributed by atoms with Crippen molar-refractivity contribution in [2.24, 2.45) is 0 Å². The van der Waals surface area contributed by atoms with Gasteiger partial charge in [0, 0.05) is 0 Å². The van der Waals surface area contributed by atoms with Crippen molar-refractivity contribution in [2.75, 3.05) is 0 Å². The molecule has 1 heteroatoms. The molecule has 0 spiro atoms. The van der Waals surface area contributed by atoms with Crippen molar-refractivity contribution >= 4 is 0 Å². The monoisotopic (exact) mass is 128 g/mol. The highest BCUT2D eigenvalue weighted by Gasteiger charge is 1.90. The van der Waals surface area contributed by atoms with Gasteiger partial charge >= 0.3 is 0 Å². The van der Waals surface area contributed by atoms with Gasteiger partial charge in [0.05, 0.1) is 6.10 Å². The molecule has 0 aromatic heterocycles. The van der Waals surface area contributed by atoms with E-state index in [1.807, 2.05) is 0 Å². The van der Waals surface area contributed by atoms with Crippen molar-refractivity contribution in [2.45, 2.75) is 39.7 Å². The van der Waals surface area contributed by atoms with Gasteiger partial charge in [0.1, 0.15) is 0 Å². The first kappa shape index (κ1) is 8.70. The fourth-order valence-electron chi connectivity index (χ4n) is 0.516. The van der Waals surface area contributed by atoms with Crippen LogP contribution in [-0.2, 0) is 0 Å². The van der Waals surface area contributed by atoms with Crippen LogP contribution in [0.25, 0.3) is 0 Å². The molecule has 0 amide bonds. The van der Waals surface area contributed by atoms with Gasteiger partial charge in [-0.25, -0.2) is 0 Å². The zero-order chi connectivity index (χ0) is 7.28. The topological polar surface area (TPSA) is 20.2 Å². The first-order chi connectivity index (χ1) is 4.16. The second-order valence-electron chi connectivity index (χ2n) is 2.49. The minimum atomic E-state index is -0.188. The molecule has 1 nitrogen and oxygen atoms in total. The van der Waals surface area contributed by atoms with Gasteiger partial charge in [-0.2, -0.15) is 0 Å². The smallest absolute Gasteiger partial charge is 0.0546 e. The van der Waals surface area contributed by atoms with Crippen LogP contribution in [0.4, 0.5) is 0 Å². The third kappa shape index (κ3) is 5.57. The lowest BCUT2D eigenvalue weighted by Gasteiger charge is -1.98. The molecule has 0 aliphatic rings. The Morgan fingerprint density at radius 1 is 1.67 bits per heavy atom. The maximum atomic E-state index is 8.85. The highest BCUT2D eigenvalue weighted by atomic mass is 16.3. The molecule has 0 rings (SSSR count). The van der Waals surface area contributed by atoms with Crippen molar-refractivity contribution in [1.82, 2.24) is 0 Å². The standard InChI is InChI=1S/C8H16O/c1-4-7(2)5-6-8(3)9/h5,8-9H,4,6H2,1-3H3/b7-5-. The van der Waals surface area contributed by atoms with E-state index in [1.165, 1.54) is 5.57 Å². The summed E-state index contributed by atoms with van der Waals surface area (Å²) in [5.74, 6) is 0. The molecule has 0 aromatic carbocycles.